The third-order valence-corrected chi connectivity index (χ3v) is 3.14. The Balaban J connectivity index is 1.88. The monoisotopic (exact) mass is 252 g/mol. The second-order valence-corrected chi connectivity index (χ2v) is 4.77. The van der Waals surface area contributed by atoms with Crippen molar-refractivity contribution in [2.75, 3.05) is 11.1 Å². The lowest BCUT2D eigenvalue weighted by atomic mass is 10.4. The first-order valence-electron chi connectivity index (χ1n) is 5.21. The largest absolute Gasteiger partial charge is 0.369 e. The minimum absolute atomic E-state index is 0.00293. The van der Waals surface area contributed by atoms with Gasteiger partial charge in [0.2, 0.25) is 11.8 Å². The van der Waals surface area contributed by atoms with Crippen LogP contribution in [0.25, 0.3) is 0 Å². The van der Waals surface area contributed by atoms with Crippen molar-refractivity contribution in [2.45, 2.75) is 17.9 Å². The van der Waals surface area contributed by atoms with Gasteiger partial charge in [-0.1, -0.05) is 11.8 Å². The van der Waals surface area contributed by atoms with Crippen molar-refractivity contribution >= 4 is 29.4 Å². The molecule has 1 saturated carbocycles. The average molecular weight is 252 g/mol. The smallest absolute Gasteiger partial charge is 0.228 e. The van der Waals surface area contributed by atoms with E-state index in [0.29, 0.717) is 10.8 Å². The van der Waals surface area contributed by atoms with Gasteiger partial charge in [0, 0.05) is 5.92 Å². The molecule has 6 nitrogen and oxygen atoms in total. The Morgan fingerprint density at radius 3 is 2.71 bits per heavy atom. The lowest BCUT2D eigenvalue weighted by molar-refractivity contribution is -0.117. The number of rotatable bonds is 5. The number of aromatic nitrogens is 2. The summed E-state index contributed by atoms with van der Waals surface area (Å²) in [4.78, 5) is 22.0. The maximum atomic E-state index is 11.4. The van der Waals surface area contributed by atoms with Crippen molar-refractivity contribution in [1.82, 2.24) is 10.2 Å². The minimum Gasteiger partial charge on any atom is -0.369 e. The highest BCUT2D eigenvalue weighted by Gasteiger charge is 2.29. The van der Waals surface area contributed by atoms with Gasteiger partial charge in [0.15, 0.2) is 5.82 Å². The number of hydrogen-bond donors (Lipinski definition) is 2. The van der Waals surface area contributed by atoms with Crippen molar-refractivity contribution in [3.8, 4) is 0 Å². The minimum atomic E-state index is -0.400. The van der Waals surface area contributed by atoms with E-state index in [-0.39, 0.29) is 17.6 Å². The highest BCUT2D eigenvalue weighted by atomic mass is 32.2. The quantitative estimate of drug-likeness (QED) is 0.739. The van der Waals surface area contributed by atoms with Gasteiger partial charge in [0.05, 0.1) is 5.75 Å². The van der Waals surface area contributed by atoms with Crippen LogP contribution in [0.15, 0.2) is 17.2 Å². The normalized spacial score (nSPS) is 14.4. The molecule has 1 aromatic rings. The average Bonchev–Trinajstić information content (AvgIpc) is 3.12. The number of carbonyl (C=O) groups excluding carboxylic acids is 2. The fourth-order valence-electron chi connectivity index (χ4n) is 1.18. The molecule has 1 aromatic heterocycles. The Hall–Kier alpha value is -1.63. The third-order valence-electron chi connectivity index (χ3n) is 2.20. The molecule has 0 aromatic carbocycles. The SMILES string of the molecule is NC(=O)CSc1ccc(NC(=O)C2CC2)nn1. The van der Waals surface area contributed by atoms with Gasteiger partial charge >= 0.3 is 0 Å². The van der Waals surface area contributed by atoms with E-state index in [9.17, 15) is 9.59 Å². The molecule has 1 heterocycles. The van der Waals surface area contributed by atoms with Gasteiger partial charge < -0.3 is 11.1 Å². The maximum absolute atomic E-state index is 11.4. The zero-order valence-electron chi connectivity index (χ0n) is 9.05. The summed E-state index contributed by atoms with van der Waals surface area (Å²) in [6.07, 6.45) is 1.90. The molecule has 17 heavy (non-hydrogen) atoms. The fourth-order valence-corrected chi connectivity index (χ4v) is 1.74. The number of thioether (sulfide) groups is 1. The molecule has 90 valence electrons. The summed E-state index contributed by atoms with van der Waals surface area (Å²) in [6, 6.07) is 3.36. The van der Waals surface area contributed by atoms with Gasteiger partial charge in [0.1, 0.15) is 5.03 Å². The first kappa shape index (κ1) is 11.8. The van der Waals surface area contributed by atoms with Crippen LogP contribution < -0.4 is 11.1 Å². The Labute approximate surface area is 102 Å². The van der Waals surface area contributed by atoms with Gasteiger partial charge in [-0.25, -0.2) is 0 Å². The second-order valence-electron chi connectivity index (χ2n) is 3.78. The predicted molar refractivity (Wildman–Crippen MR) is 63.3 cm³/mol. The van der Waals surface area contributed by atoms with Gasteiger partial charge in [-0.2, -0.15) is 0 Å². The number of anilines is 1. The van der Waals surface area contributed by atoms with Gasteiger partial charge in [-0.15, -0.1) is 10.2 Å². The molecule has 0 spiro atoms. The number of nitrogens with one attached hydrogen (secondary N) is 1. The number of nitrogens with two attached hydrogens (primary N) is 1. The van der Waals surface area contributed by atoms with E-state index < -0.39 is 5.91 Å². The molecule has 0 radical (unpaired) electrons. The molecule has 3 N–H and O–H groups in total. The van der Waals surface area contributed by atoms with Gasteiger partial charge in [0.25, 0.3) is 0 Å². The molecule has 7 heteroatoms. The standard InChI is InChI=1S/C10H12N4O2S/c11-7(15)5-17-9-4-3-8(13-14-9)12-10(16)6-1-2-6/h3-4,6H,1-2,5H2,(H2,11,15)(H,12,13,16). The van der Waals surface area contributed by atoms with E-state index in [1.165, 1.54) is 11.8 Å². The van der Waals surface area contributed by atoms with Crippen molar-refractivity contribution < 1.29 is 9.59 Å². The van der Waals surface area contributed by atoms with E-state index in [0.717, 1.165) is 12.8 Å². The Kier molecular flexibility index (Phi) is 3.58. The Morgan fingerprint density at radius 2 is 2.18 bits per heavy atom. The highest BCUT2D eigenvalue weighted by molar-refractivity contribution is 7.99. The summed E-state index contributed by atoms with van der Waals surface area (Å²) < 4.78 is 0. The van der Waals surface area contributed by atoms with Crippen molar-refractivity contribution in [3.63, 3.8) is 0 Å². The van der Waals surface area contributed by atoms with Crippen molar-refractivity contribution in [1.29, 1.82) is 0 Å². The summed E-state index contributed by atoms with van der Waals surface area (Å²) >= 11 is 1.21. The van der Waals surface area contributed by atoms with Crippen LogP contribution in [0.3, 0.4) is 0 Å². The van der Waals surface area contributed by atoms with Crippen molar-refractivity contribution in [3.05, 3.63) is 12.1 Å². The first-order valence-corrected chi connectivity index (χ1v) is 6.19. The van der Waals surface area contributed by atoms with Crippen LogP contribution >= 0.6 is 11.8 Å². The van der Waals surface area contributed by atoms with Crippen LogP contribution in [0.2, 0.25) is 0 Å². The second kappa shape index (κ2) is 5.13. The number of amides is 2. The van der Waals surface area contributed by atoms with Crippen LogP contribution in [0.4, 0.5) is 5.82 Å². The zero-order valence-corrected chi connectivity index (χ0v) is 9.87. The van der Waals surface area contributed by atoms with E-state index in [1.807, 2.05) is 0 Å². The first-order chi connectivity index (χ1) is 8.15. The van der Waals surface area contributed by atoms with Crippen LogP contribution in [0.5, 0.6) is 0 Å². The van der Waals surface area contributed by atoms with E-state index in [4.69, 9.17) is 5.73 Å². The van der Waals surface area contributed by atoms with E-state index >= 15 is 0 Å². The van der Waals surface area contributed by atoms with Crippen molar-refractivity contribution in [2.24, 2.45) is 11.7 Å². The van der Waals surface area contributed by atoms with Gasteiger partial charge in [-0.3, -0.25) is 9.59 Å². The number of nitrogens with zero attached hydrogens (tertiary/aromatic N) is 2. The van der Waals surface area contributed by atoms with E-state index in [1.54, 1.807) is 12.1 Å². The van der Waals surface area contributed by atoms with Crippen LogP contribution in [0.1, 0.15) is 12.8 Å². The Bertz CT molecular complexity index is 430. The molecule has 2 rings (SSSR count). The van der Waals surface area contributed by atoms with Crippen LogP contribution in [-0.4, -0.2) is 27.8 Å². The summed E-state index contributed by atoms with van der Waals surface area (Å²) in [5.74, 6) is 0.341. The summed E-state index contributed by atoms with van der Waals surface area (Å²) in [5.41, 5.74) is 5.01. The molecule has 0 saturated heterocycles. The molecule has 0 bridgehead atoms. The zero-order chi connectivity index (χ0) is 12.3. The molecular formula is C10H12N4O2S. The third kappa shape index (κ3) is 3.70. The summed E-state index contributed by atoms with van der Waals surface area (Å²) in [7, 11) is 0. The lowest BCUT2D eigenvalue weighted by Crippen LogP contribution is -2.15. The van der Waals surface area contributed by atoms with Crippen LogP contribution in [-0.2, 0) is 9.59 Å². The van der Waals surface area contributed by atoms with E-state index in [2.05, 4.69) is 15.5 Å². The Morgan fingerprint density at radius 1 is 1.41 bits per heavy atom. The molecular weight excluding hydrogens is 240 g/mol. The number of hydrogen-bond acceptors (Lipinski definition) is 5. The molecule has 1 fully saturated rings. The summed E-state index contributed by atoms with van der Waals surface area (Å²) in [6.45, 7) is 0. The molecule has 1 aliphatic rings. The number of carbonyl (C=O) groups is 2. The topological polar surface area (TPSA) is 98.0 Å². The van der Waals surface area contributed by atoms with Gasteiger partial charge in [-0.05, 0) is 25.0 Å². The van der Waals surface area contributed by atoms with Crippen LogP contribution in [0, 0.1) is 5.92 Å². The molecule has 0 unspecified atom stereocenters. The highest BCUT2D eigenvalue weighted by Crippen LogP contribution is 2.29. The molecule has 1 aliphatic carbocycles. The summed E-state index contributed by atoms with van der Waals surface area (Å²) in [5, 5.41) is 11.0. The predicted octanol–water partition coefficient (Wildman–Crippen LogP) is 0.402. The number of primary amides is 1. The maximum Gasteiger partial charge on any atom is 0.228 e. The molecule has 2 amide bonds. The molecule has 0 aliphatic heterocycles. The lowest BCUT2D eigenvalue weighted by Gasteiger charge is -2.02. The fraction of sp³-hybridized carbons (Fsp3) is 0.400. The molecule has 0 atom stereocenters.